The SMILES string of the molecule is CCC([As])n1c(Sc2cc(OC)ccc2I)nc2c(N)ncnc21. The molecule has 0 saturated carbocycles. The summed E-state index contributed by atoms with van der Waals surface area (Å²) in [5, 5.41) is 0.843. The number of ether oxygens (including phenoxy) is 1. The number of nitrogens with zero attached hydrogens (tertiary/aromatic N) is 4. The summed E-state index contributed by atoms with van der Waals surface area (Å²) in [6.45, 7) is 2.13. The number of nitrogen functional groups attached to an aromatic ring is 1. The number of hydrogen-bond acceptors (Lipinski definition) is 6. The Morgan fingerprint density at radius 3 is 2.92 bits per heavy atom. The maximum absolute atomic E-state index is 5.99. The Morgan fingerprint density at radius 1 is 1.42 bits per heavy atom. The number of rotatable bonds is 5. The zero-order valence-electron chi connectivity index (χ0n) is 13.1. The number of anilines is 1. The van der Waals surface area contributed by atoms with E-state index >= 15 is 0 Å². The normalized spacial score (nSPS) is 12.5. The molecule has 0 saturated heterocycles. The van der Waals surface area contributed by atoms with Gasteiger partial charge in [0.05, 0.1) is 0 Å². The van der Waals surface area contributed by atoms with E-state index in [0.29, 0.717) is 11.3 Å². The van der Waals surface area contributed by atoms with E-state index in [-0.39, 0.29) is 4.83 Å². The molecule has 2 heterocycles. The molecule has 0 fully saturated rings. The van der Waals surface area contributed by atoms with Gasteiger partial charge in [-0.1, -0.05) is 0 Å². The predicted molar refractivity (Wildman–Crippen MR) is 105 cm³/mol. The first kappa shape index (κ1) is 17.8. The van der Waals surface area contributed by atoms with Crippen LogP contribution < -0.4 is 10.5 Å². The number of methoxy groups -OCH3 is 1. The molecule has 1 unspecified atom stereocenters. The van der Waals surface area contributed by atoms with Gasteiger partial charge < -0.3 is 0 Å². The molecule has 0 aliphatic heterocycles. The van der Waals surface area contributed by atoms with Crippen LogP contribution in [0, 0.1) is 3.57 Å². The number of imidazole rings is 1. The van der Waals surface area contributed by atoms with Gasteiger partial charge in [0, 0.05) is 0 Å². The summed E-state index contributed by atoms with van der Waals surface area (Å²) in [5.41, 5.74) is 7.39. The third kappa shape index (κ3) is 3.36. The quantitative estimate of drug-likeness (QED) is 0.416. The van der Waals surface area contributed by atoms with Crippen molar-refractivity contribution in [2.45, 2.75) is 28.2 Å². The second kappa shape index (κ2) is 7.49. The second-order valence-corrected chi connectivity index (χ2v) is 8.40. The molecule has 0 amide bonds. The van der Waals surface area contributed by atoms with Crippen LogP contribution in [0.15, 0.2) is 34.6 Å². The van der Waals surface area contributed by atoms with Crippen molar-refractivity contribution in [3.8, 4) is 5.75 Å². The van der Waals surface area contributed by atoms with E-state index in [1.807, 2.05) is 18.2 Å². The summed E-state index contributed by atoms with van der Waals surface area (Å²) in [6, 6.07) is 5.99. The summed E-state index contributed by atoms with van der Waals surface area (Å²) in [6.07, 6.45) is 2.42. The fraction of sp³-hybridized carbons (Fsp3) is 0.267. The van der Waals surface area contributed by atoms with Crippen LogP contribution in [0.5, 0.6) is 5.75 Å². The van der Waals surface area contributed by atoms with E-state index in [1.165, 1.54) is 6.33 Å². The molecule has 3 rings (SSSR count). The summed E-state index contributed by atoms with van der Waals surface area (Å²) in [7, 11) is 1.67. The van der Waals surface area contributed by atoms with Gasteiger partial charge in [-0.15, -0.1) is 0 Å². The first-order valence-electron chi connectivity index (χ1n) is 7.23. The van der Waals surface area contributed by atoms with E-state index in [4.69, 9.17) is 15.5 Å². The first-order valence-corrected chi connectivity index (χ1v) is 10.2. The van der Waals surface area contributed by atoms with Crippen molar-refractivity contribution in [3.05, 3.63) is 28.1 Å². The van der Waals surface area contributed by atoms with E-state index < -0.39 is 0 Å². The third-order valence-corrected chi connectivity index (χ3v) is 7.06. The number of fused-ring (bicyclic) bond motifs is 1. The average molecular weight is 515 g/mol. The molecule has 1 atom stereocenters. The van der Waals surface area contributed by atoms with Crippen molar-refractivity contribution < 1.29 is 4.74 Å². The molecular formula is C15H15AsIN5OS. The molecule has 1 aromatic carbocycles. The molecule has 2 N–H and O–H groups in total. The summed E-state index contributed by atoms with van der Waals surface area (Å²) >= 11 is 6.56. The molecule has 0 aliphatic carbocycles. The van der Waals surface area contributed by atoms with Crippen LogP contribution >= 0.6 is 34.4 Å². The van der Waals surface area contributed by atoms with Gasteiger partial charge in [0.2, 0.25) is 0 Å². The fourth-order valence-electron chi connectivity index (χ4n) is 2.22. The van der Waals surface area contributed by atoms with Crippen molar-refractivity contribution >= 4 is 68.2 Å². The minimum atomic E-state index is 0.197. The third-order valence-electron chi connectivity index (χ3n) is 3.48. The van der Waals surface area contributed by atoms with Gasteiger partial charge in [0.15, 0.2) is 0 Å². The van der Waals surface area contributed by atoms with Gasteiger partial charge >= 0.3 is 167 Å². The Balaban J connectivity index is 2.14. The van der Waals surface area contributed by atoms with Gasteiger partial charge in [-0.3, -0.25) is 0 Å². The van der Waals surface area contributed by atoms with Crippen LogP contribution in [-0.2, 0) is 0 Å². The molecule has 9 heteroatoms. The molecule has 124 valence electrons. The molecule has 24 heavy (non-hydrogen) atoms. The second-order valence-electron chi connectivity index (χ2n) is 4.98. The van der Waals surface area contributed by atoms with E-state index in [9.17, 15) is 0 Å². The number of aromatic nitrogens is 4. The zero-order chi connectivity index (χ0) is 17.3. The van der Waals surface area contributed by atoms with Gasteiger partial charge in [-0.05, 0) is 0 Å². The molecule has 2 radical (unpaired) electrons. The van der Waals surface area contributed by atoms with E-state index in [0.717, 1.165) is 31.4 Å². The van der Waals surface area contributed by atoms with E-state index in [1.54, 1.807) is 18.9 Å². The Hall–Kier alpha value is -0.992. The molecule has 3 aromatic rings. The predicted octanol–water partition coefficient (Wildman–Crippen LogP) is 3.25. The Bertz CT molecular complexity index is 888. The monoisotopic (exact) mass is 515 g/mol. The van der Waals surface area contributed by atoms with Crippen molar-refractivity contribution in [2.24, 2.45) is 0 Å². The molecule has 0 spiro atoms. The standard InChI is InChI=1S/C15H15AsIN5OS/c1-3-11(16)22-14-12(13(18)19-7-20-14)21-15(22)24-10-6-8(23-2)4-5-9(10)17/h4-7,11H,3H2,1-2H3,(H2,18,19,20). The molecular weight excluding hydrogens is 500 g/mol. The van der Waals surface area contributed by atoms with Crippen LogP contribution in [0.1, 0.15) is 18.2 Å². The van der Waals surface area contributed by atoms with Crippen LogP contribution in [0.2, 0.25) is 0 Å². The van der Waals surface area contributed by atoms with Gasteiger partial charge in [-0.25, -0.2) is 0 Å². The summed E-state index contributed by atoms with van der Waals surface area (Å²) < 4.78 is 8.57. The summed E-state index contributed by atoms with van der Waals surface area (Å²) in [4.78, 5) is 14.4. The molecule has 2 aromatic heterocycles. The van der Waals surface area contributed by atoms with Crippen molar-refractivity contribution in [3.63, 3.8) is 0 Å². The van der Waals surface area contributed by atoms with Crippen LogP contribution in [0.4, 0.5) is 5.82 Å². The topological polar surface area (TPSA) is 78.9 Å². The van der Waals surface area contributed by atoms with Crippen molar-refractivity contribution in [1.29, 1.82) is 0 Å². The Morgan fingerprint density at radius 2 is 2.21 bits per heavy atom. The van der Waals surface area contributed by atoms with Gasteiger partial charge in [-0.2, -0.15) is 0 Å². The minimum absolute atomic E-state index is 0.197. The Labute approximate surface area is 166 Å². The van der Waals surface area contributed by atoms with Crippen LogP contribution in [-0.4, -0.2) is 43.5 Å². The summed E-state index contributed by atoms with van der Waals surface area (Å²) in [5.74, 6) is 1.22. The molecule has 0 bridgehead atoms. The Kier molecular flexibility index (Phi) is 5.56. The number of hydrogen-bond donors (Lipinski definition) is 1. The van der Waals surface area contributed by atoms with Crippen molar-refractivity contribution in [1.82, 2.24) is 19.5 Å². The zero-order valence-corrected chi connectivity index (χ0v) is 18.0. The van der Waals surface area contributed by atoms with E-state index in [2.05, 4.69) is 60.9 Å². The van der Waals surface area contributed by atoms with Crippen molar-refractivity contribution in [2.75, 3.05) is 12.8 Å². The van der Waals surface area contributed by atoms with Gasteiger partial charge in [0.1, 0.15) is 0 Å². The van der Waals surface area contributed by atoms with Crippen LogP contribution in [0.3, 0.4) is 0 Å². The molecule has 6 nitrogen and oxygen atoms in total. The number of halogens is 1. The average Bonchev–Trinajstić information content (AvgIpc) is 2.95. The molecule has 0 aliphatic rings. The number of nitrogens with two attached hydrogens (primary N) is 1. The maximum atomic E-state index is 5.99. The van der Waals surface area contributed by atoms with Crippen LogP contribution in [0.25, 0.3) is 11.2 Å². The fourth-order valence-corrected chi connectivity index (χ4v) is 4.50. The van der Waals surface area contributed by atoms with Gasteiger partial charge in [0.25, 0.3) is 0 Å². The number of benzene rings is 1. The first-order chi connectivity index (χ1) is 11.5.